The molecule has 0 bridgehead atoms. The molecule has 1 fully saturated rings. The zero-order valence-electron chi connectivity index (χ0n) is 11.4. The van der Waals surface area contributed by atoms with Gasteiger partial charge in [0.1, 0.15) is 5.60 Å². The van der Waals surface area contributed by atoms with Crippen LogP contribution >= 0.6 is 0 Å². The van der Waals surface area contributed by atoms with Crippen LogP contribution in [0.2, 0.25) is 0 Å². The van der Waals surface area contributed by atoms with Crippen molar-refractivity contribution in [2.24, 2.45) is 5.73 Å². The smallest absolute Gasteiger partial charge is 0.413 e. The quantitative estimate of drug-likeness (QED) is 0.715. The number of hydrogen-bond donors (Lipinski definition) is 1. The van der Waals surface area contributed by atoms with Crippen LogP contribution in [0.3, 0.4) is 0 Å². The van der Waals surface area contributed by atoms with Crippen molar-refractivity contribution < 1.29 is 19.1 Å². The topological polar surface area (TPSA) is 81.9 Å². The van der Waals surface area contributed by atoms with Crippen molar-refractivity contribution in [3.8, 4) is 0 Å². The summed E-state index contributed by atoms with van der Waals surface area (Å²) in [5, 5.41) is 0. The number of ether oxygens (including phenoxy) is 2. The summed E-state index contributed by atoms with van der Waals surface area (Å²) in [6.07, 6.45) is 0.0253. The Morgan fingerprint density at radius 3 is 2.44 bits per heavy atom. The molecule has 0 saturated carbocycles. The summed E-state index contributed by atoms with van der Waals surface area (Å²) < 4.78 is 10.4. The zero-order valence-corrected chi connectivity index (χ0v) is 11.4. The number of nitrogens with zero attached hydrogens (tertiary/aromatic N) is 1. The first kappa shape index (κ1) is 14.8. The molecule has 0 radical (unpaired) electrons. The molecule has 6 heteroatoms. The highest BCUT2D eigenvalue weighted by Crippen LogP contribution is 2.20. The molecule has 18 heavy (non-hydrogen) atoms. The minimum Gasteiger partial charge on any atom is -0.444 e. The van der Waals surface area contributed by atoms with Crippen LogP contribution in [-0.2, 0) is 14.3 Å². The second-order valence-corrected chi connectivity index (χ2v) is 5.52. The predicted octanol–water partition coefficient (Wildman–Crippen LogP) is 1.23. The molecule has 104 valence electrons. The molecule has 2 atom stereocenters. The van der Waals surface area contributed by atoms with Crippen LogP contribution in [0.15, 0.2) is 0 Å². The number of piperidine rings is 1. The van der Waals surface area contributed by atoms with E-state index in [0.717, 1.165) is 0 Å². The highest BCUT2D eigenvalue weighted by Gasteiger charge is 2.34. The van der Waals surface area contributed by atoms with Gasteiger partial charge in [-0.15, -0.1) is 0 Å². The molecular weight excluding hydrogens is 236 g/mol. The van der Waals surface area contributed by atoms with Crippen molar-refractivity contribution in [3.63, 3.8) is 0 Å². The second kappa shape index (κ2) is 5.56. The first-order chi connectivity index (χ1) is 8.19. The molecular formula is C12H22N2O4. The summed E-state index contributed by atoms with van der Waals surface area (Å²) >= 11 is 0. The minimum atomic E-state index is -0.624. The predicted molar refractivity (Wildman–Crippen MR) is 65.7 cm³/mol. The van der Waals surface area contributed by atoms with Gasteiger partial charge in [0.2, 0.25) is 0 Å². The Bertz CT molecular complexity index is 325. The molecule has 0 aromatic carbocycles. The van der Waals surface area contributed by atoms with Gasteiger partial charge in [-0.1, -0.05) is 0 Å². The Kier molecular flexibility index (Phi) is 4.56. The maximum absolute atomic E-state index is 12.0. The lowest BCUT2D eigenvalue weighted by Gasteiger charge is -2.37. The van der Waals surface area contributed by atoms with Gasteiger partial charge in [0.05, 0.1) is 0 Å². The number of rotatable bonds is 1. The van der Waals surface area contributed by atoms with Gasteiger partial charge in [0.15, 0.2) is 6.23 Å². The number of carbonyl (C=O) groups is 2. The number of carbonyl (C=O) groups excluding carboxylic acids is 2. The number of esters is 1. The monoisotopic (exact) mass is 258 g/mol. The normalized spacial score (nSPS) is 24.6. The van der Waals surface area contributed by atoms with E-state index in [1.807, 2.05) is 0 Å². The Morgan fingerprint density at radius 1 is 1.33 bits per heavy atom. The van der Waals surface area contributed by atoms with Gasteiger partial charge in [-0.25, -0.2) is 4.79 Å². The number of nitrogens with two attached hydrogens (primary N) is 1. The molecule has 0 aliphatic carbocycles. The van der Waals surface area contributed by atoms with E-state index in [1.54, 1.807) is 20.8 Å². The van der Waals surface area contributed by atoms with Crippen molar-refractivity contribution in [2.75, 3.05) is 6.54 Å². The summed E-state index contributed by atoms with van der Waals surface area (Å²) in [5.74, 6) is -0.428. The Balaban J connectivity index is 2.70. The van der Waals surface area contributed by atoms with E-state index in [4.69, 9.17) is 15.2 Å². The van der Waals surface area contributed by atoms with Crippen LogP contribution in [-0.4, -0.2) is 41.4 Å². The number of amides is 1. The molecule has 2 unspecified atom stereocenters. The lowest BCUT2D eigenvalue weighted by molar-refractivity contribution is -0.158. The fourth-order valence-corrected chi connectivity index (χ4v) is 1.79. The Labute approximate surface area is 107 Å². The van der Waals surface area contributed by atoms with Crippen LogP contribution in [0.1, 0.15) is 40.5 Å². The van der Waals surface area contributed by atoms with Crippen molar-refractivity contribution in [2.45, 2.75) is 58.4 Å². The average molecular weight is 258 g/mol. The van der Waals surface area contributed by atoms with Gasteiger partial charge in [-0.05, 0) is 27.2 Å². The van der Waals surface area contributed by atoms with Gasteiger partial charge in [0, 0.05) is 25.9 Å². The molecule has 6 nitrogen and oxygen atoms in total. The third kappa shape index (κ3) is 4.52. The van der Waals surface area contributed by atoms with Crippen molar-refractivity contribution in [1.29, 1.82) is 0 Å². The van der Waals surface area contributed by atoms with Crippen molar-refractivity contribution >= 4 is 12.1 Å². The van der Waals surface area contributed by atoms with E-state index >= 15 is 0 Å². The molecule has 0 aromatic heterocycles. The number of likely N-dealkylation sites (tertiary alicyclic amines) is 1. The van der Waals surface area contributed by atoms with Gasteiger partial charge in [-0.2, -0.15) is 0 Å². The standard InChI is InChI=1S/C12H22N2O4/c1-8(15)17-10-7-9(13)5-6-14(10)11(16)18-12(2,3)4/h9-10H,5-7,13H2,1-4H3. The molecule has 0 aromatic rings. The van der Waals surface area contributed by atoms with Crippen LogP contribution in [0.4, 0.5) is 4.79 Å². The van der Waals surface area contributed by atoms with Crippen LogP contribution in [0.5, 0.6) is 0 Å². The van der Waals surface area contributed by atoms with E-state index in [0.29, 0.717) is 19.4 Å². The summed E-state index contributed by atoms with van der Waals surface area (Å²) in [6, 6.07) is -0.0620. The molecule has 1 aliphatic heterocycles. The molecule has 0 spiro atoms. The Morgan fingerprint density at radius 2 is 1.94 bits per heavy atom. The van der Waals surface area contributed by atoms with Gasteiger partial charge >= 0.3 is 12.1 Å². The lowest BCUT2D eigenvalue weighted by atomic mass is 10.0. The second-order valence-electron chi connectivity index (χ2n) is 5.52. The third-order valence-corrected chi connectivity index (χ3v) is 2.52. The van der Waals surface area contributed by atoms with E-state index in [1.165, 1.54) is 11.8 Å². The molecule has 1 aliphatic rings. The zero-order chi connectivity index (χ0) is 13.9. The summed E-state index contributed by atoms with van der Waals surface area (Å²) in [7, 11) is 0. The van der Waals surface area contributed by atoms with E-state index < -0.39 is 23.9 Å². The van der Waals surface area contributed by atoms with Gasteiger partial charge in [-0.3, -0.25) is 9.69 Å². The van der Waals surface area contributed by atoms with Crippen molar-refractivity contribution in [1.82, 2.24) is 4.90 Å². The third-order valence-electron chi connectivity index (χ3n) is 2.52. The minimum absolute atomic E-state index is 0.0620. The maximum atomic E-state index is 12.0. The highest BCUT2D eigenvalue weighted by atomic mass is 16.6. The van der Waals surface area contributed by atoms with Gasteiger partial charge in [0.25, 0.3) is 0 Å². The van der Waals surface area contributed by atoms with Crippen LogP contribution in [0, 0.1) is 0 Å². The SMILES string of the molecule is CC(=O)OC1CC(N)CCN1C(=O)OC(C)(C)C. The van der Waals surface area contributed by atoms with E-state index in [-0.39, 0.29) is 6.04 Å². The fourth-order valence-electron chi connectivity index (χ4n) is 1.79. The summed E-state index contributed by atoms with van der Waals surface area (Å²) in [6.45, 7) is 7.13. The van der Waals surface area contributed by atoms with E-state index in [9.17, 15) is 9.59 Å². The van der Waals surface area contributed by atoms with Crippen LogP contribution in [0.25, 0.3) is 0 Å². The molecule has 1 saturated heterocycles. The first-order valence-corrected chi connectivity index (χ1v) is 6.11. The molecule has 1 rings (SSSR count). The maximum Gasteiger partial charge on any atom is 0.413 e. The highest BCUT2D eigenvalue weighted by molar-refractivity contribution is 5.70. The molecule has 1 amide bonds. The molecule has 2 N–H and O–H groups in total. The lowest BCUT2D eigenvalue weighted by Crippen LogP contribution is -2.52. The van der Waals surface area contributed by atoms with E-state index in [2.05, 4.69) is 0 Å². The summed E-state index contributed by atoms with van der Waals surface area (Å²) in [5.41, 5.74) is 5.25. The van der Waals surface area contributed by atoms with Crippen LogP contribution < -0.4 is 5.73 Å². The first-order valence-electron chi connectivity index (χ1n) is 6.11. The average Bonchev–Trinajstić information content (AvgIpc) is 2.13. The van der Waals surface area contributed by atoms with Crippen molar-refractivity contribution in [3.05, 3.63) is 0 Å². The molecule has 1 heterocycles. The Hall–Kier alpha value is -1.30. The summed E-state index contributed by atoms with van der Waals surface area (Å²) in [4.78, 5) is 24.4. The number of hydrogen-bond acceptors (Lipinski definition) is 5. The fraction of sp³-hybridized carbons (Fsp3) is 0.833. The van der Waals surface area contributed by atoms with Gasteiger partial charge < -0.3 is 15.2 Å². The largest absolute Gasteiger partial charge is 0.444 e.